The number of benzene rings is 3. The zero-order valence-corrected chi connectivity index (χ0v) is 18.8. The molecule has 0 fully saturated rings. The van der Waals surface area contributed by atoms with Gasteiger partial charge in [-0.1, -0.05) is 99.5 Å². The van der Waals surface area contributed by atoms with Gasteiger partial charge in [0.25, 0.3) is 0 Å². The van der Waals surface area contributed by atoms with Gasteiger partial charge in [0.15, 0.2) is 0 Å². The molecule has 0 atom stereocenters. The third-order valence-corrected chi connectivity index (χ3v) is 6.44. The normalized spacial score (nSPS) is 12.3. The Morgan fingerprint density at radius 2 is 0.786 bits per heavy atom. The summed E-state index contributed by atoms with van der Waals surface area (Å²) in [6, 6.07) is 22.9. The lowest BCUT2D eigenvalue weighted by Gasteiger charge is -2.31. The summed E-state index contributed by atoms with van der Waals surface area (Å²) in [5, 5.41) is 0. The standard InChI is InChI=1S/C28H34/c1-19-9-15-25(21(3)17-19)27(5,6)23-11-13-24(14-12-23)28(7,8)26-16-10-20(2)18-22(26)4/h9-18H,1-8H3. The molecule has 0 aliphatic carbocycles. The van der Waals surface area contributed by atoms with Gasteiger partial charge < -0.3 is 0 Å². The molecule has 0 aliphatic heterocycles. The highest BCUT2D eigenvalue weighted by atomic mass is 14.3. The Morgan fingerprint density at radius 3 is 1.07 bits per heavy atom. The minimum Gasteiger partial charge on any atom is -0.0590 e. The molecule has 3 rings (SSSR count). The van der Waals surface area contributed by atoms with Crippen molar-refractivity contribution in [2.45, 2.75) is 66.2 Å². The van der Waals surface area contributed by atoms with E-state index >= 15 is 0 Å². The number of aryl methyl sites for hydroxylation is 4. The van der Waals surface area contributed by atoms with E-state index in [1.807, 2.05) is 0 Å². The highest BCUT2D eigenvalue weighted by Gasteiger charge is 2.28. The Balaban J connectivity index is 1.98. The Morgan fingerprint density at radius 1 is 0.464 bits per heavy atom. The fourth-order valence-corrected chi connectivity index (χ4v) is 4.64. The first-order chi connectivity index (χ1) is 13.0. The van der Waals surface area contributed by atoms with Crippen molar-refractivity contribution in [3.8, 4) is 0 Å². The highest BCUT2D eigenvalue weighted by molar-refractivity contribution is 5.47. The molecule has 0 nitrogen and oxygen atoms in total. The molecule has 0 radical (unpaired) electrons. The minimum absolute atomic E-state index is 0.0137. The molecular formula is C28H34. The third-order valence-electron chi connectivity index (χ3n) is 6.44. The van der Waals surface area contributed by atoms with Crippen LogP contribution in [0.25, 0.3) is 0 Å². The van der Waals surface area contributed by atoms with Crippen LogP contribution in [0.4, 0.5) is 0 Å². The SMILES string of the molecule is Cc1ccc(C(C)(C)c2ccc(C(C)(C)c3ccc(C)cc3C)cc2)c(C)c1. The van der Waals surface area contributed by atoms with Crippen LogP contribution in [-0.4, -0.2) is 0 Å². The lowest BCUT2D eigenvalue weighted by molar-refractivity contribution is 0.621. The zero-order valence-electron chi connectivity index (χ0n) is 18.8. The number of rotatable bonds is 4. The molecule has 0 heterocycles. The van der Waals surface area contributed by atoms with Crippen LogP contribution in [0, 0.1) is 27.7 Å². The minimum atomic E-state index is -0.0137. The Labute approximate surface area is 171 Å². The maximum atomic E-state index is 2.33. The molecule has 146 valence electrons. The van der Waals surface area contributed by atoms with E-state index in [0.29, 0.717) is 0 Å². The molecule has 28 heavy (non-hydrogen) atoms. The molecule has 0 spiro atoms. The first-order valence-electron chi connectivity index (χ1n) is 10.3. The van der Waals surface area contributed by atoms with Crippen LogP contribution in [0.2, 0.25) is 0 Å². The Bertz CT molecular complexity index is 903. The van der Waals surface area contributed by atoms with Crippen molar-refractivity contribution in [2.24, 2.45) is 0 Å². The first-order valence-corrected chi connectivity index (χ1v) is 10.3. The maximum absolute atomic E-state index is 2.33. The van der Waals surface area contributed by atoms with Crippen molar-refractivity contribution in [3.05, 3.63) is 105 Å². The van der Waals surface area contributed by atoms with E-state index in [2.05, 4.69) is 116 Å². The lowest BCUT2D eigenvalue weighted by Crippen LogP contribution is -2.23. The van der Waals surface area contributed by atoms with Gasteiger partial charge in [0.2, 0.25) is 0 Å². The fourth-order valence-electron chi connectivity index (χ4n) is 4.64. The second-order valence-corrected chi connectivity index (χ2v) is 9.46. The summed E-state index contributed by atoms with van der Waals surface area (Å²) < 4.78 is 0. The lowest BCUT2D eigenvalue weighted by atomic mass is 9.73. The van der Waals surface area contributed by atoms with Crippen LogP contribution in [0.15, 0.2) is 60.7 Å². The summed E-state index contributed by atoms with van der Waals surface area (Å²) in [6.07, 6.45) is 0. The predicted molar refractivity (Wildman–Crippen MR) is 123 cm³/mol. The van der Waals surface area contributed by atoms with Crippen molar-refractivity contribution in [1.29, 1.82) is 0 Å². The van der Waals surface area contributed by atoms with Gasteiger partial charge in [0.1, 0.15) is 0 Å². The van der Waals surface area contributed by atoms with Crippen molar-refractivity contribution < 1.29 is 0 Å². The van der Waals surface area contributed by atoms with Gasteiger partial charge in [-0.05, 0) is 61.1 Å². The van der Waals surface area contributed by atoms with Gasteiger partial charge in [0, 0.05) is 10.8 Å². The van der Waals surface area contributed by atoms with Gasteiger partial charge in [-0.15, -0.1) is 0 Å². The molecule has 0 aromatic heterocycles. The van der Waals surface area contributed by atoms with Gasteiger partial charge >= 0.3 is 0 Å². The molecule has 0 heteroatoms. The topological polar surface area (TPSA) is 0 Å². The second kappa shape index (κ2) is 7.24. The summed E-state index contributed by atoms with van der Waals surface area (Å²) >= 11 is 0. The molecule has 0 unspecified atom stereocenters. The van der Waals surface area contributed by atoms with Gasteiger partial charge in [-0.3, -0.25) is 0 Å². The fraction of sp³-hybridized carbons (Fsp3) is 0.357. The summed E-state index contributed by atoms with van der Waals surface area (Å²) in [4.78, 5) is 0. The maximum Gasteiger partial charge on any atom is 0.0149 e. The highest BCUT2D eigenvalue weighted by Crippen LogP contribution is 2.37. The van der Waals surface area contributed by atoms with Crippen molar-refractivity contribution in [2.75, 3.05) is 0 Å². The molecule has 0 N–H and O–H groups in total. The largest absolute Gasteiger partial charge is 0.0590 e. The molecule has 0 saturated carbocycles. The van der Waals surface area contributed by atoms with Crippen LogP contribution in [0.3, 0.4) is 0 Å². The van der Waals surface area contributed by atoms with E-state index in [0.717, 1.165) is 0 Å². The zero-order chi connectivity index (χ0) is 20.7. The van der Waals surface area contributed by atoms with E-state index in [9.17, 15) is 0 Å². The van der Waals surface area contributed by atoms with Crippen molar-refractivity contribution in [3.63, 3.8) is 0 Å². The van der Waals surface area contributed by atoms with E-state index < -0.39 is 0 Å². The summed E-state index contributed by atoms with van der Waals surface area (Å²) in [5.74, 6) is 0. The Hall–Kier alpha value is -2.34. The van der Waals surface area contributed by atoms with E-state index in [1.54, 1.807) is 0 Å². The van der Waals surface area contributed by atoms with Crippen molar-refractivity contribution >= 4 is 0 Å². The molecule has 0 amide bonds. The average molecular weight is 371 g/mol. The van der Waals surface area contributed by atoms with Gasteiger partial charge in [-0.2, -0.15) is 0 Å². The predicted octanol–water partition coefficient (Wildman–Crippen LogP) is 7.57. The van der Waals surface area contributed by atoms with E-state index in [-0.39, 0.29) is 10.8 Å². The van der Waals surface area contributed by atoms with Crippen LogP contribution in [-0.2, 0) is 10.8 Å². The molecule has 3 aromatic carbocycles. The first kappa shape index (κ1) is 20.4. The van der Waals surface area contributed by atoms with Crippen LogP contribution in [0.5, 0.6) is 0 Å². The van der Waals surface area contributed by atoms with E-state index in [4.69, 9.17) is 0 Å². The summed E-state index contributed by atoms with van der Waals surface area (Å²) in [7, 11) is 0. The Kier molecular flexibility index (Phi) is 5.28. The monoisotopic (exact) mass is 370 g/mol. The number of hydrogen-bond acceptors (Lipinski definition) is 0. The van der Waals surface area contributed by atoms with Crippen molar-refractivity contribution in [1.82, 2.24) is 0 Å². The van der Waals surface area contributed by atoms with Crippen LogP contribution in [0.1, 0.15) is 72.2 Å². The molecule has 0 aliphatic rings. The summed E-state index contributed by atoms with van der Waals surface area (Å²) in [5.41, 5.74) is 10.9. The number of hydrogen-bond donors (Lipinski definition) is 0. The third kappa shape index (κ3) is 3.65. The van der Waals surface area contributed by atoms with Gasteiger partial charge in [0.05, 0.1) is 0 Å². The average Bonchev–Trinajstić information content (AvgIpc) is 2.61. The van der Waals surface area contributed by atoms with E-state index in [1.165, 1.54) is 44.5 Å². The molecular weight excluding hydrogens is 336 g/mol. The second-order valence-electron chi connectivity index (χ2n) is 9.46. The molecule has 3 aromatic rings. The van der Waals surface area contributed by atoms with Crippen LogP contribution >= 0.6 is 0 Å². The van der Waals surface area contributed by atoms with Crippen LogP contribution < -0.4 is 0 Å². The molecule has 0 bridgehead atoms. The molecule has 0 saturated heterocycles. The smallest absolute Gasteiger partial charge is 0.0149 e. The quantitative estimate of drug-likeness (QED) is 0.444. The summed E-state index contributed by atoms with van der Waals surface area (Å²) in [6.45, 7) is 18.1. The van der Waals surface area contributed by atoms with Gasteiger partial charge in [-0.25, -0.2) is 0 Å².